The Labute approximate surface area is 269 Å². The molecule has 0 bridgehead atoms. The Kier molecular flexibility index (Phi) is 11.4. The zero-order valence-corrected chi connectivity index (χ0v) is 26.3. The van der Waals surface area contributed by atoms with E-state index in [0.29, 0.717) is 44.8 Å². The van der Waals surface area contributed by atoms with Crippen LogP contribution in [0.2, 0.25) is 0 Å². The van der Waals surface area contributed by atoms with Crippen LogP contribution >= 0.6 is 0 Å². The number of phenolic OH excluding ortho intramolecular Hbond substituents is 2. The zero-order valence-electron chi connectivity index (χ0n) is 26.3. The highest BCUT2D eigenvalue weighted by molar-refractivity contribution is 5.92. The second-order valence-corrected chi connectivity index (χ2v) is 11.9. The Balaban J connectivity index is 1.22. The largest absolute Gasteiger partial charge is 0.508 e. The van der Waals surface area contributed by atoms with Gasteiger partial charge in [-0.1, -0.05) is 31.4 Å². The van der Waals surface area contributed by atoms with Crippen LogP contribution in [0.5, 0.6) is 17.2 Å². The quantitative estimate of drug-likeness (QED) is 0.0923. The minimum Gasteiger partial charge on any atom is -0.508 e. The molecule has 5 nitrogen and oxygen atoms in total. The number of hydrogen-bond donors (Lipinski definition) is 2. The molecule has 0 spiro atoms. The molecule has 47 heavy (non-hydrogen) atoms. The maximum absolute atomic E-state index is 13.4. The molecule has 0 saturated carbocycles. The Hall–Kier alpha value is -3.93. The molecule has 0 aliphatic rings. The summed E-state index contributed by atoms with van der Waals surface area (Å²) in [7, 11) is 1.90. The number of fused-ring (bicyclic) bond motifs is 1. The van der Waals surface area contributed by atoms with E-state index in [9.17, 15) is 40.9 Å². The van der Waals surface area contributed by atoms with E-state index in [1.165, 1.54) is 0 Å². The van der Waals surface area contributed by atoms with Gasteiger partial charge in [-0.25, -0.2) is 0 Å². The van der Waals surface area contributed by atoms with Crippen LogP contribution in [0.4, 0.5) is 30.7 Å². The molecule has 0 amide bonds. The SMILES string of the molecule is Cc1c(-c2ccc(O)cc2)n(Cc2ccc(OCCN(C)CCCCCCCC(F)(F)C(F)(F)C(F)(F)F)cc2)c2ccc(O)cc12. The average Bonchev–Trinajstić information content (AvgIpc) is 3.27. The monoisotopic (exact) mass is 668 g/mol. The van der Waals surface area contributed by atoms with Crippen LogP contribution in [0.1, 0.15) is 49.7 Å². The number of aromatic nitrogens is 1. The van der Waals surface area contributed by atoms with Gasteiger partial charge in [-0.05, 0) is 105 Å². The number of likely N-dealkylation sites (N-methyl/N-ethyl adjacent to an activating group) is 1. The number of benzene rings is 3. The van der Waals surface area contributed by atoms with E-state index in [1.807, 2.05) is 61.3 Å². The number of hydrogen-bond acceptors (Lipinski definition) is 4. The summed E-state index contributed by atoms with van der Waals surface area (Å²) in [4.78, 5) is 2.04. The zero-order chi connectivity index (χ0) is 34.4. The number of rotatable bonds is 16. The summed E-state index contributed by atoms with van der Waals surface area (Å²) >= 11 is 0. The van der Waals surface area contributed by atoms with E-state index in [1.54, 1.807) is 24.3 Å². The van der Waals surface area contributed by atoms with Crippen LogP contribution in [0, 0.1) is 6.92 Å². The lowest BCUT2D eigenvalue weighted by Gasteiger charge is -2.28. The van der Waals surface area contributed by atoms with Gasteiger partial charge < -0.3 is 24.4 Å². The highest BCUT2D eigenvalue weighted by Crippen LogP contribution is 2.48. The molecule has 4 rings (SSSR count). The Bertz CT molecular complexity index is 1600. The lowest BCUT2D eigenvalue weighted by atomic mass is 10.0. The van der Waals surface area contributed by atoms with Crippen molar-refractivity contribution in [3.05, 3.63) is 77.9 Å². The first-order valence-electron chi connectivity index (χ1n) is 15.4. The third-order valence-corrected chi connectivity index (χ3v) is 8.29. The molecule has 12 heteroatoms. The lowest BCUT2D eigenvalue weighted by Crippen LogP contribution is -2.51. The number of halogens is 7. The number of alkyl halides is 7. The average molecular weight is 669 g/mol. The molecule has 0 radical (unpaired) electrons. The topological polar surface area (TPSA) is 57.9 Å². The highest BCUT2D eigenvalue weighted by Gasteiger charge is 2.72. The number of nitrogens with zero attached hydrogens (tertiary/aromatic N) is 2. The van der Waals surface area contributed by atoms with Crippen LogP contribution in [0.25, 0.3) is 22.2 Å². The molecule has 4 aromatic rings. The van der Waals surface area contributed by atoms with Gasteiger partial charge in [-0.15, -0.1) is 0 Å². The molecule has 3 aromatic carbocycles. The first-order valence-corrected chi connectivity index (χ1v) is 15.4. The number of ether oxygens (including phenoxy) is 1. The fourth-order valence-electron chi connectivity index (χ4n) is 5.59. The second kappa shape index (κ2) is 14.9. The molecule has 0 aliphatic heterocycles. The van der Waals surface area contributed by atoms with E-state index >= 15 is 0 Å². The van der Waals surface area contributed by atoms with Crippen LogP contribution < -0.4 is 4.74 Å². The van der Waals surface area contributed by atoms with Crippen molar-refractivity contribution in [2.24, 2.45) is 0 Å². The molecule has 0 saturated heterocycles. The molecule has 1 aromatic heterocycles. The molecule has 0 atom stereocenters. The third-order valence-electron chi connectivity index (χ3n) is 8.29. The summed E-state index contributed by atoms with van der Waals surface area (Å²) in [6.07, 6.45) is -6.23. The molecular formula is C35H39F7N2O3. The fraction of sp³-hybridized carbons (Fsp3) is 0.429. The molecule has 0 aliphatic carbocycles. The first-order chi connectivity index (χ1) is 22.1. The van der Waals surface area contributed by atoms with E-state index in [4.69, 9.17) is 4.74 Å². The summed E-state index contributed by atoms with van der Waals surface area (Å²) in [6, 6.07) is 20.1. The standard InChI is InChI=1S/C35H39F7N2O3/c1-24-30-22-28(46)14-17-31(30)44(32(24)26-10-12-27(45)13-11-26)23-25-8-15-29(16-9-25)47-21-20-43(2)19-7-5-3-4-6-18-33(36,37)34(38,39)35(40,41)42/h8-17,22,45-46H,3-7,18-21,23H2,1-2H3. The third kappa shape index (κ3) is 8.71. The summed E-state index contributed by atoms with van der Waals surface area (Å²) in [6.45, 7) is 4.31. The minimum atomic E-state index is -6.28. The fourth-order valence-corrected chi connectivity index (χ4v) is 5.59. The highest BCUT2D eigenvalue weighted by atomic mass is 19.4. The van der Waals surface area contributed by atoms with E-state index in [-0.39, 0.29) is 17.9 Å². The maximum atomic E-state index is 13.4. The molecule has 0 fully saturated rings. The summed E-state index contributed by atoms with van der Waals surface area (Å²) < 4.78 is 97.4. The predicted molar refractivity (Wildman–Crippen MR) is 168 cm³/mol. The lowest BCUT2D eigenvalue weighted by molar-refractivity contribution is -0.355. The molecule has 256 valence electrons. The van der Waals surface area contributed by atoms with Crippen molar-refractivity contribution >= 4 is 10.9 Å². The Morgan fingerprint density at radius 1 is 0.745 bits per heavy atom. The second-order valence-electron chi connectivity index (χ2n) is 11.9. The molecule has 2 N–H and O–H groups in total. The summed E-state index contributed by atoms with van der Waals surface area (Å²) in [5.74, 6) is -10.1. The van der Waals surface area contributed by atoms with Crippen molar-refractivity contribution in [3.8, 4) is 28.5 Å². The van der Waals surface area contributed by atoms with Gasteiger partial charge in [0.15, 0.2) is 0 Å². The van der Waals surface area contributed by atoms with Crippen molar-refractivity contribution in [1.82, 2.24) is 9.47 Å². The normalized spacial score (nSPS) is 12.7. The van der Waals surface area contributed by atoms with Crippen molar-refractivity contribution < 1.29 is 45.7 Å². The van der Waals surface area contributed by atoms with Crippen molar-refractivity contribution in [3.63, 3.8) is 0 Å². The van der Waals surface area contributed by atoms with Crippen LogP contribution in [-0.2, 0) is 6.54 Å². The van der Waals surface area contributed by atoms with Crippen LogP contribution in [-0.4, -0.2) is 64.4 Å². The van der Waals surface area contributed by atoms with E-state index in [2.05, 4.69) is 4.57 Å². The van der Waals surface area contributed by atoms with Gasteiger partial charge in [0.2, 0.25) is 0 Å². The smallest absolute Gasteiger partial charge is 0.459 e. The predicted octanol–water partition coefficient (Wildman–Crippen LogP) is 9.56. The van der Waals surface area contributed by atoms with Gasteiger partial charge in [-0.2, -0.15) is 30.7 Å². The van der Waals surface area contributed by atoms with Crippen molar-refractivity contribution in [2.45, 2.75) is 70.0 Å². The number of unbranched alkanes of at least 4 members (excludes halogenated alkanes) is 4. The van der Waals surface area contributed by atoms with E-state index < -0.39 is 30.9 Å². The van der Waals surface area contributed by atoms with Gasteiger partial charge in [-0.3, -0.25) is 0 Å². The summed E-state index contributed by atoms with van der Waals surface area (Å²) in [5, 5.41) is 20.8. The Morgan fingerprint density at radius 3 is 2.02 bits per heavy atom. The van der Waals surface area contributed by atoms with Crippen LogP contribution in [0.15, 0.2) is 66.7 Å². The molecule has 0 unspecified atom stereocenters. The Morgan fingerprint density at radius 2 is 1.36 bits per heavy atom. The molecular weight excluding hydrogens is 629 g/mol. The van der Waals surface area contributed by atoms with Gasteiger partial charge >= 0.3 is 18.0 Å². The number of aromatic hydroxyl groups is 2. The van der Waals surface area contributed by atoms with Gasteiger partial charge in [0, 0.05) is 30.4 Å². The van der Waals surface area contributed by atoms with Gasteiger partial charge in [0.25, 0.3) is 0 Å². The number of aryl methyl sites for hydroxylation is 1. The first kappa shape index (κ1) is 35.9. The maximum Gasteiger partial charge on any atom is 0.459 e. The number of phenols is 2. The van der Waals surface area contributed by atoms with Gasteiger partial charge in [0.1, 0.15) is 23.9 Å². The van der Waals surface area contributed by atoms with Gasteiger partial charge in [0.05, 0.1) is 5.69 Å². The van der Waals surface area contributed by atoms with Crippen molar-refractivity contribution in [1.29, 1.82) is 0 Å². The van der Waals surface area contributed by atoms with Crippen molar-refractivity contribution in [2.75, 3.05) is 26.7 Å². The molecule has 1 heterocycles. The summed E-state index contributed by atoms with van der Waals surface area (Å²) in [5.41, 5.74) is 4.96. The van der Waals surface area contributed by atoms with E-state index in [0.717, 1.165) is 39.7 Å². The minimum absolute atomic E-state index is 0.147. The van der Waals surface area contributed by atoms with Crippen LogP contribution in [0.3, 0.4) is 0 Å².